The minimum absolute atomic E-state index is 0.111. The van der Waals surface area contributed by atoms with E-state index in [-0.39, 0.29) is 24.6 Å². The molecule has 1 N–H and O–H groups in total. The number of amides is 2. The Bertz CT molecular complexity index is 1340. The summed E-state index contributed by atoms with van der Waals surface area (Å²) in [7, 11) is 0. The van der Waals surface area contributed by atoms with Crippen LogP contribution in [0.25, 0.3) is 11.0 Å². The molecule has 32 heavy (non-hydrogen) atoms. The molecule has 160 valence electrons. The summed E-state index contributed by atoms with van der Waals surface area (Å²) >= 11 is 0. The number of fused-ring (bicyclic) bond motifs is 3. The van der Waals surface area contributed by atoms with Gasteiger partial charge < -0.3 is 5.32 Å². The van der Waals surface area contributed by atoms with E-state index in [4.69, 9.17) is 0 Å². The van der Waals surface area contributed by atoms with E-state index in [0.717, 1.165) is 17.6 Å². The highest BCUT2D eigenvalue weighted by Crippen LogP contribution is 2.37. The van der Waals surface area contributed by atoms with E-state index in [0.29, 0.717) is 17.2 Å². The Kier molecular flexibility index (Phi) is 4.85. The van der Waals surface area contributed by atoms with Crippen LogP contribution in [0.5, 0.6) is 0 Å². The Morgan fingerprint density at radius 3 is 2.62 bits per heavy atom. The lowest BCUT2D eigenvalue weighted by Crippen LogP contribution is -2.31. The summed E-state index contributed by atoms with van der Waals surface area (Å²) < 4.78 is 28.4. The second-order valence-electron chi connectivity index (χ2n) is 7.41. The van der Waals surface area contributed by atoms with E-state index in [1.54, 1.807) is 16.8 Å². The molecule has 0 spiro atoms. The van der Waals surface area contributed by atoms with Gasteiger partial charge in [-0.25, -0.2) is 13.8 Å². The standard InChI is InChI=1S/C23H17F2N5O2/c24-16-9-8-14(11-17(16)25)27-21(31)12-20-22(32)29(13-15-5-3-4-10-26-15)23-28-18-6-1-2-7-19(18)30(20)23/h1-11,20H,12-13H2,(H,27,31). The van der Waals surface area contributed by atoms with E-state index in [2.05, 4.69) is 15.3 Å². The molecule has 1 unspecified atom stereocenters. The van der Waals surface area contributed by atoms with Crippen LogP contribution in [0.15, 0.2) is 66.9 Å². The van der Waals surface area contributed by atoms with Gasteiger partial charge in [0, 0.05) is 18.0 Å². The molecule has 3 heterocycles. The number of nitrogens with zero attached hydrogens (tertiary/aromatic N) is 4. The van der Waals surface area contributed by atoms with Crippen LogP contribution >= 0.6 is 0 Å². The molecule has 1 atom stereocenters. The van der Waals surface area contributed by atoms with Gasteiger partial charge in [-0.3, -0.25) is 24.0 Å². The fourth-order valence-corrected chi connectivity index (χ4v) is 3.86. The van der Waals surface area contributed by atoms with Crippen molar-refractivity contribution in [3.63, 3.8) is 0 Å². The number of halogens is 2. The highest BCUT2D eigenvalue weighted by molar-refractivity contribution is 6.05. The van der Waals surface area contributed by atoms with Crippen LogP contribution in [0.2, 0.25) is 0 Å². The SMILES string of the molecule is O=C(CC1C(=O)N(Cc2ccccn2)c2nc3ccccc3n21)Nc1ccc(F)c(F)c1. The van der Waals surface area contributed by atoms with Crippen molar-refractivity contribution in [2.45, 2.75) is 19.0 Å². The predicted molar refractivity (Wildman–Crippen MR) is 114 cm³/mol. The summed E-state index contributed by atoms with van der Waals surface area (Å²) in [5, 5.41) is 2.53. The van der Waals surface area contributed by atoms with Gasteiger partial charge in [-0.2, -0.15) is 0 Å². The zero-order chi connectivity index (χ0) is 22.2. The van der Waals surface area contributed by atoms with Crippen LogP contribution in [0.1, 0.15) is 18.2 Å². The van der Waals surface area contributed by atoms with Crippen molar-refractivity contribution < 1.29 is 18.4 Å². The van der Waals surface area contributed by atoms with Crippen LogP contribution in [-0.2, 0) is 16.1 Å². The number of hydrogen-bond acceptors (Lipinski definition) is 4. The number of nitrogens with one attached hydrogen (secondary N) is 1. The molecule has 2 aromatic heterocycles. The molecule has 7 nitrogen and oxygen atoms in total. The Hall–Kier alpha value is -4.14. The van der Waals surface area contributed by atoms with Crippen molar-refractivity contribution in [2.75, 3.05) is 10.2 Å². The monoisotopic (exact) mass is 433 g/mol. The molecule has 2 amide bonds. The number of anilines is 2. The fourth-order valence-electron chi connectivity index (χ4n) is 3.86. The fraction of sp³-hybridized carbons (Fsp3) is 0.130. The summed E-state index contributed by atoms with van der Waals surface area (Å²) in [6.45, 7) is 0.213. The molecule has 4 aromatic rings. The molecule has 0 radical (unpaired) electrons. The zero-order valence-corrected chi connectivity index (χ0v) is 16.7. The molecule has 5 rings (SSSR count). The number of benzene rings is 2. The molecule has 1 aliphatic rings. The summed E-state index contributed by atoms with van der Waals surface area (Å²) in [5.74, 6) is -2.42. The molecule has 0 saturated carbocycles. The number of imidazole rings is 1. The number of carbonyl (C=O) groups is 2. The third-order valence-electron chi connectivity index (χ3n) is 5.31. The topological polar surface area (TPSA) is 80.1 Å². The molecule has 1 aliphatic heterocycles. The number of carbonyl (C=O) groups excluding carboxylic acids is 2. The lowest BCUT2D eigenvalue weighted by Gasteiger charge is -2.15. The quantitative estimate of drug-likeness (QED) is 0.519. The summed E-state index contributed by atoms with van der Waals surface area (Å²) in [5.41, 5.74) is 2.23. The van der Waals surface area contributed by atoms with Gasteiger partial charge in [0.05, 0.1) is 29.7 Å². The summed E-state index contributed by atoms with van der Waals surface area (Å²) in [4.78, 5) is 36.4. The van der Waals surface area contributed by atoms with Crippen molar-refractivity contribution in [1.82, 2.24) is 14.5 Å². The highest BCUT2D eigenvalue weighted by atomic mass is 19.2. The third kappa shape index (κ3) is 3.47. The van der Waals surface area contributed by atoms with Crippen LogP contribution in [-0.4, -0.2) is 26.3 Å². The van der Waals surface area contributed by atoms with Crippen LogP contribution in [0.3, 0.4) is 0 Å². The van der Waals surface area contributed by atoms with Gasteiger partial charge in [-0.05, 0) is 36.4 Å². The van der Waals surface area contributed by atoms with Gasteiger partial charge in [0.1, 0.15) is 6.04 Å². The first kappa shape index (κ1) is 19.8. The van der Waals surface area contributed by atoms with E-state index in [9.17, 15) is 18.4 Å². The molecular weight excluding hydrogens is 416 g/mol. The van der Waals surface area contributed by atoms with Gasteiger partial charge in [0.25, 0.3) is 5.91 Å². The normalized spacial score (nSPS) is 15.2. The van der Waals surface area contributed by atoms with E-state index in [1.165, 1.54) is 11.0 Å². The van der Waals surface area contributed by atoms with Crippen molar-refractivity contribution in [2.24, 2.45) is 0 Å². The number of rotatable bonds is 5. The maximum absolute atomic E-state index is 13.5. The Morgan fingerprint density at radius 1 is 1.03 bits per heavy atom. The van der Waals surface area contributed by atoms with Crippen molar-refractivity contribution in [3.8, 4) is 0 Å². The molecule has 0 aliphatic carbocycles. The van der Waals surface area contributed by atoms with Crippen molar-refractivity contribution in [1.29, 1.82) is 0 Å². The van der Waals surface area contributed by atoms with E-state index >= 15 is 0 Å². The average Bonchev–Trinajstić information content (AvgIpc) is 3.28. The summed E-state index contributed by atoms with van der Waals surface area (Å²) in [6, 6.07) is 15.0. The third-order valence-corrected chi connectivity index (χ3v) is 5.31. The van der Waals surface area contributed by atoms with Crippen molar-refractivity contribution >= 4 is 34.5 Å². The average molecular weight is 433 g/mol. The van der Waals surface area contributed by atoms with Crippen LogP contribution < -0.4 is 10.2 Å². The first-order valence-corrected chi connectivity index (χ1v) is 9.94. The van der Waals surface area contributed by atoms with Crippen molar-refractivity contribution in [3.05, 3.63) is 84.2 Å². The molecular formula is C23H17F2N5O2. The van der Waals surface area contributed by atoms with E-state index in [1.807, 2.05) is 36.4 Å². The summed E-state index contributed by atoms with van der Waals surface area (Å²) in [6.07, 6.45) is 1.45. The number of pyridine rings is 1. The van der Waals surface area contributed by atoms with Gasteiger partial charge in [0.15, 0.2) is 11.6 Å². The van der Waals surface area contributed by atoms with Gasteiger partial charge >= 0.3 is 0 Å². The smallest absolute Gasteiger partial charge is 0.253 e. The molecule has 0 saturated heterocycles. The lowest BCUT2D eigenvalue weighted by molar-refractivity contribution is -0.124. The molecule has 0 bridgehead atoms. The Morgan fingerprint density at radius 2 is 1.84 bits per heavy atom. The largest absolute Gasteiger partial charge is 0.326 e. The minimum Gasteiger partial charge on any atom is -0.326 e. The maximum Gasteiger partial charge on any atom is 0.253 e. The number of aromatic nitrogens is 3. The first-order chi connectivity index (χ1) is 15.5. The van der Waals surface area contributed by atoms with Crippen LogP contribution in [0, 0.1) is 11.6 Å². The Labute approximate surface area is 181 Å². The Balaban J connectivity index is 1.46. The predicted octanol–water partition coefficient (Wildman–Crippen LogP) is 3.83. The van der Waals surface area contributed by atoms with Crippen LogP contribution in [0.4, 0.5) is 20.4 Å². The highest BCUT2D eigenvalue weighted by Gasteiger charge is 2.41. The molecule has 0 fully saturated rings. The molecule has 9 heteroatoms. The molecule has 2 aromatic carbocycles. The second kappa shape index (κ2) is 7.84. The number of hydrogen-bond donors (Lipinski definition) is 1. The number of para-hydroxylation sites is 2. The van der Waals surface area contributed by atoms with Gasteiger partial charge in [0.2, 0.25) is 11.9 Å². The lowest BCUT2D eigenvalue weighted by atomic mass is 10.1. The van der Waals surface area contributed by atoms with Gasteiger partial charge in [-0.1, -0.05) is 18.2 Å². The first-order valence-electron chi connectivity index (χ1n) is 9.94. The van der Waals surface area contributed by atoms with Gasteiger partial charge in [-0.15, -0.1) is 0 Å². The zero-order valence-electron chi connectivity index (χ0n) is 16.7. The maximum atomic E-state index is 13.5. The second-order valence-corrected chi connectivity index (χ2v) is 7.41. The van der Waals surface area contributed by atoms with E-state index < -0.39 is 23.6 Å². The minimum atomic E-state index is -1.07.